The van der Waals surface area contributed by atoms with E-state index in [1.54, 1.807) is 120 Å². The normalized spacial score (nSPS) is 14.6. The van der Waals surface area contributed by atoms with Gasteiger partial charge in [-0.1, -0.05) is 7.43 Å². The number of sulfonamides is 3. The number of carbonyl (C=O) groups excluding carboxylic acids is 3. The van der Waals surface area contributed by atoms with Gasteiger partial charge in [-0.3, -0.25) is 29.3 Å². The number of hydrogen-bond acceptors (Lipinski definition) is 23. The summed E-state index contributed by atoms with van der Waals surface area (Å²) in [4.78, 5) is 55.2. The van der Waals surface area contributed by atoms with Crippen molar-refractivity contribution in [3.05, 3.63) is 143 Å². The van der Waals surface area contributed by atoms with Crippen LogP contribution in [0.25, 0.3) is 0 Å². The number of nitrogens with two attached hydrogens (primary N) is 1. The highest BCUT2D eigenvalue weighted by Gasteiger charge is 2.30. The zero-order valence-electron chi connectivity index (χ0n) is 63.9. The minimum atomic E-state index is -3.60. The number of rotatable bonds is 35. The second-order valence-electron chi connectivity index (χ2n) is 26.9. The molecule has 0 amide bonds. The number of pyridine rings is 3. The summed E-state index contributed by atoms with van der Waals surface area (Å²) in [7, 11) is -1.35. The van der Waals surface area contributed by atoms with Gasteiger partial charge >= 0.3 is 0 Å². The Morgan fingerprint density at radius 3 is 0.981 bits per heavy atom. The van der Waals surface area contributed by atoms with Crippen molar-refractivity contribution in [3.63, 3.8) is 0 Å². The molecule has 9 rings (SSSR count). The number of piperidine rings is 3. The van der Waals surface area contributed by atoms with E-state index in [0.717, 1.165) is 90.3 Å². The first-order chi connectivity index (χ1) is 50.7. The maximum atomic E-state index is 13.1. The number of benzene rings is 3. The lowest BCUT2D eigenvalue weighted by Gasteiger charge is -2.33. The molecule has 6 aromatic rings. The summed E-state index contributed by atoms with van der Waals surface area (Å²) < 4.78 is 102. The van der Waals surface area contributed by atoms with E-state index in [4.69, 9.17) is 19.9 Å². The van der Waals surface area contributed by atoms with Crippen LogP contribution in [0.15, 0.2) is 125 Å². The molecule has 0 atom stereocenters. The third kappa shape index (κ3) is 28.4. The maximum absolute atomic E-state index is 13.1. The smallest absolute Gasteiger partial charge is 0.293 e. The summed E-state index contributed by atoms with van der Waals surface area (Å²) >= 11 is 4.37. The molecule has 0 bridgehead atoms. The summed E-state index contributed by atoms with van der Waals surface area (Å²) in [6.45, 7) is 19.2. The van der Waals surface area contributed by atoms with Crippen LogP contribution in [0.1, 0.15) is 105 Å². The van der Waals surface area contributed by atoms with Gasteiger partial charge in [-0.05, 0) is 223 Å². The quantitative estimate of drug-likeness (QED) is 0.0220. The predicted octanol–water partition coefficient (Wildman–Crippen LogP) is 12.3. The van der Waals surface area contributed by atoms with Crippen molar-refractivity contribution in [2.45, 2.75) is 128 Å². The minimum Gasteiger partial charge on any atom is -0.497 e. The Balaban J connectivity index is 0.000000268. The molecule has 592 valence electrons. The highest BCUT2D eigenvalue weighted by atomic mass is 32.2. The number of nitrogens with zero attached hydrogens (tertiary/aromatic N) is 9. The van der Waals surface area contributed by atoms with E-state index in [1.165, 1.54) is 78.1 Å². The number of hydrogen-bond donors (Lipinski definition) is 1. The first-order valence-electron chi connectivity index (χ1n) is 36.0. The molecule has 29 heteroatoms. The van der Waals surface area contributed by atoms with Crippen LogP contribution in [0, 0.1) is 59.3 Å². The number of ether oxygens (including phenoxy) is 4. The van der Waals surface area contributed by atoms with Crippen LogP contribution >= 0.6 is 35.3 Å². The van der Waals surface area contributed by atoms with Gasteiger partial charge in [0, 0.05) is 164 Å². The molecule has 0 aliphatic carbocycles. The molecule has 3 aliphatic heterocycles. The summed E-state index contributed by atoms with van der Waals surface area (Å²) in [6, 6.07) is 22.7. The molecule has 0 unspecified atom stereocenters. The Labute approximate surface area is 651 Å². The average molecular weight is 1590 g/mol. The van der Waals surface area contributed by atoms with E-state index < -0.39 is 30.1 Å². The molecule has 107 heavy (non-hydrogen) atoms. The van der Waals surface area contributed by atoms with Gasteiger partial charge < -0.3 is 39.4 Å². The fourth-order valence-electron chi connectivity index (χ4n) is 13.1. The van der Waals surface area contributed by atoms with Crippen LogP contribution in [-0.4, -0.2) is 214 Å². The Bertz CT molecular complexity index is 3790. The zero-order valence-corrected chi connectivity index (χ0v) is 68.8. The average Bonchev–Trinajstić information content (AvgIpc) is 0.796. The summed E-state index contributed by atoms with van der Waals surface area (Å²) in [5.74, 6) is 7.14. The fourth-order valence-corrected chi connectivity index (χ4v) is 20.7. The van der Waals surface area contributed by atoms with Crippen LogP contribution < -0.4 is 34.6 Å². The number of methoxy groups -OCH3 is 3. The molecular formula is C78H116N10O13S6. The predicted molar refractivity (Wildman–Crippen MR) is 438 cm³/mol. The fraction of sp³-hybridized carbons (Fsp3) is 0.538. The van der Waals surface area contributed by atoms with Crippen LogP contribution in [0.4, 0.5) is 17.1 Å². The molecule has 23 nitrogen and oxygen atoms in total. The second-order valence-corrected chi connectivity index (χ2v) is 36.2. The lowest BCUT2D eigenvalue weighted by atomic mass is 9.91. The van der Waals surface area contributed by atoms with E-state index in [-0.39, 0.29) is 24.9 Å². The Hall–Kier alpha value is -6.54. The first-order valence-corrected chi connectivity index (χ1v) is 43.8. The lowest BCUT2D eigenvalue weighted by molar-refractivity contribution is -0.126. The van der Waals surface area contributed by atoms with Crippen molar-refractivity contribution >= 4 is 100 Å². The molecular weight excluding hydrogens is 1480 g/mol. The molecule has 0 saturated carbocycles. The van der Waals surface area contributed by atoms with Crippen molar-refractivity contribution < 1.29 is 58.6 Å². The number of anilines is 3. The summed E-state index contributed by atoms with van der Waals surface area (Å²) in [5, 5.41) is 0. The topological polar surface area (TPSA) is 275 Å². The van der Waals surface area contributed by atoms with E-state index in [2.05, 4.69) is 46.5 Å². The molecule has 3 saturated heterocycles. The van der Waals surface area contributed by atoms with Gasteiger partial charge in [0.15, 0.2) is 0 Å². The van der Waals surface area contributed by atoms with Crippen LogP contribution in [-0.2, 0) is 49.2 Å². The number of Topliss-reactive ketones (excluding diaryl/α,β-unsaturated/α-hetero) is 2. The minimum absolute atomic E-state index is 0. The molecule has 0 spiro atoms. The van der Waals surface area contributed by atoms with Crippen molar-refractivity contribution in [2.75, 3.05) is 157 Å². The van der Waals surface area contributed by atoms with Crippen molar-refractivity contribution in [3.8, 4) is 17.2 Å². The van der Waals surface area contributed by atoms with Gasteiger partial charge in [0.05, 0.1) is 47.5 Å². The van der Waals surface area contributed by atoms with Crippen LogP contribution in [0.5, 0.6) is 17.2 Å². The third-order valence-electron chi connectivity index (χ3n) is 19.3. The highest BCUT2D eigenvalue weighted by molar-refractivity contribution is 8.00. The summed E-state index contributed by atoms with van der Waals surface area (Å²) in [6.07, 6.45) is 21.0. The van der Waals surface area contributed by atoms with Crippen molar-refractivity contribution in [1.29, 1.82) is 0 Å². The zero-order chi connectivity index (χ0) is 77.4. The van der Waals surface area contributed by atoms with Gasteiger partial charge in [-0.2, -0.15) is 23.5 Å². The van der Waals surface area contributed by atoms with E-state index in [9.17, 15) is 39.6 Å². The van der Waals surface area contributed by atoms with Gasteiger partial charge in [-0.25, -0.2) is 38.2 Å². The number of carbonyl (C=O) groups is 3. The molecule has 6 heterocycles. The van der Waals surface area contributed by atoms with Gasteiger partial charge in [-0.15, -0.1) is 11.8 Å². The monoisotopic (exact) mass is 1590 g/mol. The number of aryl methyl sites for hydroxylation is 6. The van der Waals surface area contributed by atoms with Crippen LogP contribution in [0.2, 0.25) is 0 Å². The largest absolute Gasteiger partial charge is 0.497 e. The molecule has 2 N–H and O–H groups in total. The highest BCUT2D eigenvalue weighted by Crippen LogP contribution is 2.33. The van der Waals surface area contributed by atoms with Crippen molar-refractivity contribution in [1.82, 2.24) is 27.9 Å². The number of aromatic nitrogens is 3. The Morgan fingerprint density at radius 1 is 0.467 bits per heavy atom. The lowest BCUT2D eigenvalue weighted by Crippen LogP contribution is -2.35. The Kier molecular flexibility index (Phi) is 39.3. The molecule has 3 aromatic heterocycles. The van der Waals surface area contributed by atoms with Crippen molar-refractivity contribution in [2.24, 2.45) is 23.5 Å². The molecule has 3 aliphatic rings. The van der Waals surface area contributed by atoms with Gasteiger partial charge in [0.1, 0.15) is 34.8 Å². The van der Waals surface area contributed by atoms with E-state index >= 15 is 0 Å². The second kappa shape index (κ2) is 46.2. The molecule has 0 radical (unpaired) electrons. The standard InChI is InChI=1S/2C26H37N3O4S2.C14H21NO5S2.C11H17N3.CH4/c2*1-20-17-25(33-4)18-21(2)26(20)35(31,32)28(3)15-16-34-19-24(30)6-5-22-9-13-29(14-10-22)23-7-11-27-12-8-23;1-11-7-13(19-4)8-12(2)14(11)22(17,18)15(3)5-6-21-10-20-9-16;12-9-10-3-7-14(8-4-10)11-1-5-13-6-2-11;/h2*7-8,11-12,17-18,22H,5-6,9-10,13-16,19H2,1-4H3;7-9H,5-6,10H2,1-4H3;1-2,5-6,10H,3-4,7-9,12H2;1H4. The number of thioether (sulfide) groups is 3. The van der Waals surface area contributed by atoms with E-state index in [0.29, 0.717) is 145 Å². The first kappa shape index (κ1) is 91.1. The molecule has 3 fully saturated rings. The van der Waals surface area contributed by atoms with Crippen LogP contribution in [0.3, 0.4) is 0 Å². The number of ketones is 2. The third-order valence-corrected chi connectivity index (χ3v) is 28.6. The SMILES string of the molecule is C.COc1cc(C)c(S(=O)(=O)N(C)CCSCC(=O)CCC2CCN(c3ccncc3)CC2)c(C)c1.COc1cc(C)c(S(=O)(=O)N(C)CCSCC(=O)CCC2CCN(c3ccncc3)CC2)c(C)c1.COc1cc(C)c(S(=O)(=O)N(C)CCSCOC=O)c(C)c1.NCC1CCN(c2ccncc2)CC1. The maximum Gasteiger partial charge on any atom is 0.293 e. The van der Waals surface area contributed by atoms with E-state index in [1.807, 2.05) is 61.4 Å². The molecule has 3 aromatic carbocycles. The summed E-state index contributed by atoms with van der Waals surface area (Å²) in [5.41, 5.74) is 13.4. The van der Waals surface area contributed by atoms with Gasteiger partial charge in [0.2, 0.25) is 30.1 Å². The van der Waals surface area contributed by atoms with Gasteiger partial charge in [0.25, 0.3) is 6.47 Å². The Morgan fingerprint density at radius 2 is 0.729 bits per heavy atom.